The second-order valence-corrected chi connectivity index (χ2v) is 4.49. The molecule has 1 aliphatic heterocycles. The van der Waals surface area contributed by atoms with E-state index in [9.17, 15) is 0 Å². The Labute approximate surface area is 103 Å². The Morgan fingerprint density at radius 3 is 2.29 bits per heavy atom. The first-order valence-corrected chi connectivity index (χ1v) is 5.89. The molecule has 4 heteroatoms. The van der Waals surface area contributed by atoms with Crippen LogP contribution in [-0.2, 0) is 0 Å². The van der Waals surface area contributed by atoms with E-state index < -0.39 is 0 Å². The van der Waals surface area contributed by atoms with E-state index >= 15 is 0 Å². The van der Waals surface area contributed by atoms with Gasteiger partial charge in [-0.1, -0.05) is 0 Å². The molecule has 0 radical (unpaired) electrons. The number of likely N-dealkylation sites (tertiary alicyclic amines) is 1. The molecule has 94 valence electrons. The van der Waals surface area contributed by atoms with Gasteiger partial charge in [-0.2, -0.15) is 0 Å². The molecule has 17 heavy (non-hydrogen) atoms. The minimum atomic E-state index is 0.511. The summed E-state index contributed by atoms with van der Waals surface area (Å²) in [5, 5.41) is 3.52. The van der Waals surface area contributed by atoms with Crippen molar-refractivity contribution in [2.45, 2.75) is 12.5 Å². The van der Waals surface area contributed by atoms with Gasteiger partial charge in [-0.3, -0.25) is 0 Å². The van der Waals surface area contributed by atoms with E-state index in [1.165, 1.54) is 6.42 Å². The molecule has 2 rings (SSSR count). The zero-order chi connectivity index (χ0) is 12.3. The fourth-order valence-electron chi connectivity index (χ4n) is 2.18. The summed E-state index contributed by atoms with van der Waals surface area (Å²) in [5.74, 6) is 1.64. The first-order chi connectivity index (χ1) is 8.21. The molecule has 0 amide bonds. The van der Waals surface area contributed by atoms with Crippen LogP contribution in [0.2, 0.25) is 0 Å². The van der Waals surface area contributed by atoms with E-state index in [0.29, 0.717) is 6.04 Å². The minimum absolute atomic E-state index is 0.511. The van der Waals surface area contributed by atoms with Gasteiger partial charge in [0.25, 0.3) is 0 Å². The van der Waals surface area contributed by atoms with Crippen molar-refractivity contribution in [2.75, 3.05) is 39.7 Å². The Kier molecular flexibility index (Phi) is 3.74. The number of rotatable bonds is 4. The monoisotopic (exact) mass is 236 g/mol. The largest absolute Gasteiger partial charge is 0.497 e. The third-order valence-corrected chi connectivity index (χ3v) is 3.11. The third-order valence-electron chi connectivity index (χ3n) is 3.11. The van der Waals surface area contributed by atoms with Crippen LogP contribution in [0.3, 0.4) is 0 Å². The fraction of sp³-hybridized carbons (Fsp3) is 0.538. The second-order valence-electron chi connectivity index (χ2n) is 4.49. The van der Waals surface area contributed by atoms with Gasteiger partial charge in [0.05, 0.1) is 14.2 Å². The molecule has 1 aliphatic rings. The predicted octanol–water partition coefficient (Wildman–Crippen LogP) is 1.82. The average molecular weight is 236 g/mol. The van der Waals surface area contributed by atoms with Crippen LogP contribution in [0, 0.1) is 0 Å². The van der Waals surface area contributed by atoms with Crippen LogP contribution < -0.4 is 14.8 Å². The smallest absolute Gasteiger partial charge is 0.124 e. The van der Waals surface area contributed by atoms with Crippen LogP contribution in [0.15, 0.2) is 18.2 Å². The van der Waals surface area contributed by atoms with Crippen molar-refractivity contribution in [1.82, 2.24) is 4.90 Å². The summed E-state index contributed by atoms with van der Waals surface area (Å²) in [6.45, 7) is 2.23. The van der Waals surface area contributed by atoms with Crippen LogP contribution >= 0.6 is 0 Å². The van der Waals surface area contributed by atoms with Crippen LogP contribution in [-0.4, -0.2) is 45.3 Å². The molecule has 1 aromatic rings. The van der Waals surface area contributed by atoms with Gasteiger partial charge in [-0.25, -0.2) is 0 Å². The number of ether oxygens (including phenoxy) is 2. The number of nitrogens with one attached hydrogen (secondary N) is 1. The van der Waals surface area contributed by atoms with Crippen LogP contribution in [0.5, 0.6) is 11.5 Å². The molecule has 1 unspecified atom stereocenters. The summed E-state index contributed by atoms with van der Waals surface area (Å²) >= 11 is 0. The van der Waals surface area contributed by atoms with Crippen molar-refractivity contribution in [3.63, 3.8) is 0 Å². The highest BCUT2D eigenvalue weighted by Gasteiger charge is 2.19. The molecule has 1 aromatic carbocycles. The second kappa shape index (κ2) is 5.27. The molecule has 4 nitrogen and oxygen atoms in total. The van der Waals surface area contributed by atoms with Crippen LogP contribution in [0.1, 0.15) is 6.42 Å². The molecule has 1 heterocycles. The summed E-state index contributed by atoms with van der Waals surface area (Å²) in [5.41, 5.74) is 1.06. The number of hydrogen-bond acceptors (Lipinski definition) is 4. The highest BCUT2D eigenvalue weighted by molar-refractivity contribution is 5.54. The Morgan fingerprint density at radius 2 is 1.82 bits per heavy atom. The highest BCUT2D eigenvalue weighted by atomic mass is 16.5. The molecular formula is C13H20N2O2. The number of anilines is 1. The van der Waals surface area contributed by atoms with Gasteiger partial charge in [0.2, 0.25) is 0 Å². The van der Waals surface area contributed by atoms with Crippen molar-refractivity contribution in [1.29, 1.82) is 0 Å². The SMILES string of the molecule is COc1cc(NC2CCN(C)C2)cc(OC)c1. The quantitative estimate of drug-likeness (QED) is 0.864. The lowest BCUT2D eigenvalue weighted by atomic mass is 10.2. The van der Waals surface area contributed by atoms with E-state index in [0.717, 1.165) is 30.3 Å². The summed E-state index contributed by atoms with van der Waals surface area (Å²) in [6, 6.07) is 6.39. The van der Waals surface area contributed by atoms with Crippen molar-refractivity contribution in [2.24, 2.45) is 0 Å². The average Bonchev–Trinajstić information content (AvgIpc) is 2.74. The minimum Gasteiger partial charge on any atom is -0.497 e. The van der Waals surface area contributed by atoms with Crippen molar-refractivity contribution in [3.05, 3.63) is 18.2 Å². The highest BCUT2D eigenvalue weighted by Crippen LogP contribution is 2.27. The topological polar surface area (TPSA) is 33.7 Å². The lowest BCUT2D eigenvalue weighted by Gasteiger charge is -2.16. The van der Waals surface area contributed by atoms with E-state index in [1.807, 2.05) is 18.2 Å². The van der Waals surface area contributed by atoms with Gasteiger partial charge >= 0.3 is 0 Å². The molecule has 0 aliphatic carbocycles. The molecule has 0 aromatic heterocycles. The Hall–Kier alpha value is -1.42. The number of hydrogen-bond donors (Lipinski definition) is 1. The molecular weight excluding hydrogens is 216 g/mol. The summed E-state index contributed by atoms with van der Waals surface area (Å²) in [7, 11) is 5.48. The molecule has 0 spiro atoms. The maximum absolute atomic E-state index is 5.25. The van der Waals surface area contributed by atoms with E-state index in [4.69, 9.17) is 9.47 Å². The van der Waals surface area contributed by atoms with E-state index in [2.05, 4.69) is 17.3 Å². The first kappa shape index (κ1) is 12.0. The summed E-state index contributed by atoms with van der Waals surface area (Å²) in [6.07, 6.45) is 1.18. The van der Waals surface area contributed by atoms with Gasteiger partial charge in [0, 0.05) is 36.5 Å². The van der Waals surface area contributed by atoms with Gasteiger partial charge in [0.15, 0.2) is 0 Å². The fourth-order valence-corrected chi connectivity index (χ4v) is 2.18. The van der Waals surface area contributed by atoms with Gasteiger partial charge in [0.1, 0.15) is 11.5 Å². The van der Waals surface area contributed by atoms with Gasteiger partial charge in [-0.05, 0) is 20.0 Å². The number of nitrogens with zero attached hydrogens (tertiary/aromatic N) is 1. The van der Waals surface area contributed by atoms with Gasteiger partial charge in [-0.15, -0.1) is 0 Å². The lowest BCUT2D eigenvalue weighted by molar-refractivity contribution is 0.394. The van der Waals surface area contributed by atoms with Crippen molar-refractivity contribution < 1.29 is 9.47 Å². The molecule has 0 bridgehead atoms. The van der Waals surface area contributed by atoms with E-state index in [1.54, 1.807) is 14.2 Å². The maximum Gasteiger partial charge on any atom is 0.124 e. The molecule has 0 saturated carbocycles. The molecule has 1 saturated heterocycles. The normalized spacial score (nSPS) is 20.3. The number of benzene rings is 1. The van der Waals surface area contributed by atoms with E-state index in [-0.39, 0.29) is 0 Å². The molecule has 1 N–H and O–H groups in total. The van der Waals surface area contributed by atoms with Crippen molar-refractivity contribution in [3.8, 4) is 11.5 Å². The standard InChI is InChI=1S/C13H20N2O2/c1-15-5-4-10(9-15)14-11-6-12(16-2)8-13(7-11)17-3/h6-8,10,14H,4-5,9H2,1-3H3. The summed E-state index contributed by atoms with van der Waals surface area (Å²) in [4.78, 5) is 2.33. The van der Waals surface area contributed by atoms with Gasteiger partial charge < -0.3 is 19.7 Å². The summed E-state index contributed by atoms with van der Waals surface area (Å²) < 4.78 is 10.5. The van der Waals surface area contributed by atoms with Crippen LogP contribution in [0.4, 0.5) is 5.69 Å². The van der Waals surface area contributed by atoms with Crippen molar-refractivity contribution >= 4 is 5.69 Å². The Morgan fingerprint density at radius 1 is 1.18 bits per heavy atom. The number of methoxy groups -OCH3 is 2. The Balaban J connectivity index is 2.09. The Bertz CT molecular complexity index is 359. The molecule has 1 atom stereocenters. The predicted molar refractivity (Wildman–Crippen MR) is 69.1 cm³/mol. The zero-order valence-electron chi connectivity index (χ0n) is 10.7. The zero-order valence-corrected chi connectivity index (χ0v) is 10.7. The number of likely N-dealkylation sites (N-methyl/N-ethyl adjacent to an activating group) is 1. The first-order valence-electron chi connectivity index (χ1n) is 5.89. The van der Waals surface area contributed by atoms with Crippen LogP contribution in [0.25, 0.3) is 0 Å². The lowest BCUT2D eigenvalue weighted by Crippen LogP contribution is -2.23. The third kappa shape index (κ3) is 3.03. The maximum atomic E-state index is 5.25. The molecule has 1 fully saturated rings.